The monoisotopic (exact) mass is 499 g/mol. The van der Waals surface area contributed by atoms with Crippen LogP contribution in [0.4, 0.5) is 17.5 Å². The van der Waals surface area contributed by atoms with Gasteiger partial charge in [-0.15, -0.1) is 0 Å². The summed E-state index contributed by atoms with van der Waals surface area (Å²) in [4.78, 5) is 19.4. The fourth-order valence-corrected chi connectivity index (χ4v) is 6.87. The van der Waals surface area contributed by atoms with E-state index in [2.05, 4.69) is 21.7 Å². The van der Waals surface area contributed by atoms with E-state index >= 15 is 0 Å². The van der Waals surface area contributed by atoms with E-state index in [0.717, 1.165) is 74.2 Å². The van der Waals surface area contributed by atoms with E-state index in [1.165, 1.54) is 11.8 Å². The Morgan fingerprint density at radius 2 is 2.06 bits per heavy atom. The maximum absolute atomic E-state index is 10.1. The zero-order chi connectivity index (χ0) is 24.2. The van der Waals surface area contributed by atoms with Crippen molar-refractivity contribution >= 4 is 29.2 Å². The van der Waals surface area contributed by atoms with E-state index < -0.39 is 0 Å². The molecule has 3 fully saturated rings. The van der Waals surface area contributed by atoms with Gasteiger partial charge >= 0.3 is 0 Å². The van der Waals surface area contributed by atoms with Gasteiger partial charge in [-0.2, -0.15) is 0 Å². The number of hydrogen-bond acceptors (Lipinski definition) is 11. The van der Waals surface area contributed by atoms with Crippen LogP contribution in [0.1, 0.15) is 38.3 Å². The third-order valence-electron chi connectivity index (χ3n) is 8.08. The van der Waals surface area contributed by atoms with E-state index in [1.54, 1.807) is 6.20 Å². The first-order chi connectivity index (χ1) is 17.0. The van der Waals surface area contributed by atoms with Crippen molar-refractivity contribution in [1.82, 2.24) is 15.0 Å². The van der Waals surface area contributed by atoms with Crippen LogP contribution in [0, 0.1) is 5.41 Å². The maximum atomic E-state index is 10.1. The Labute approximate surface area is 209 Å². The lowest BCUT2D eigenvalue weighted by molar-refractivity contribution is 0.0973. The van der Waals surface area contributed by atoms with Crippen LogP contribution in [-0.2, 0) is 11.3 Å². The van der Waals surface area contributed by atoms with Crippen LogP contribution < -0.4 is 26.0 Å². The Morgan fingerprint density at radius 3 is 2.80 bits per heavy atom. The van der Waals surface area contributed by atoms with Crippen LogP contribution in [0.5, 0.6) is 5.75 Å². The highest BCUT2D eigenvalue weighted by atomic mass is 32.2. The van der Waals surface area contributed by atoms with Crippen molar-refractivity contribution in [3.05, 3.63) is 18.0 Å². The molecule has 188 valence electrons. The summed E-state index contributed by atoms with van der Waals surface area (Å²) >= 11 is 1.44. The van der Waals surface area contributed by atoms with Gasteiger partial charge in [-0.1, -0.05) is 11.8 Å². The highest BCUT2D eigenvalue weighted by Gasteiger charge is 2.47. The van der Waals surface area contributed by atoms with Crippen molar-refractivity contribution in [3.63, 3.8) is 0 Å². The summed E-state index contributed by atoms with van der Waals surface area (Å²) in [7, 11) is 0. The molecular weight excluding hydrogens is 466 g/mol. The highest BCUT2D eigenvalue weighted by Crippen LogP contribution is 2.46. The van der Waals surface area contributed by atoms with Gasteiger partial charge in [-0.25, -0.2) is 15.0 Å². The van der Waals surface area contributed by atoms with Crippen LogP contribution in [0.15, 0.2) is 22.2 Å². The SMILES string of the molecule is C[C@@H]1OCC2(CCN(c3ncc(Sc4cc(N)nc5c4OCC4CCCN54)nc3CO)CC2)[C@@H]1N. The van der Waals surface area contributed by atoms with Gasteiger partial charge in [0.2, 0.25) is 0 Å². The number of aliphatic hydroxyl groups is 1. The number of hydrogen-bond donors (Lipinski definition) is 3. The van der Waals surface area contributed by atoms with Gasteiger partial charge in [0.05, 0.1) is 36.5 Å². The Kier molecular flexibility index (Phi) is 5.90. The molecule has 0 saturated carbocycles. The topological polar surface area (TPSA) is 136 Å². The Balaban J connectivity index is 1.22. The summed E-state index contributed by atoms with van der Waals surface area (Å²) in [6.07, 6.45) is 5.99. The quantitative estimate of drug-likeness (QED) is 0.568. The molecule has 5 N–H and O–H groups in total. The van der Waals surface area contributed by atoms with E-state index in [1.807, 2.05) is 6.07 Å². The molecule has 4 aliphatic rings. The van der Waals surface area contributed by atoms with Crippen molar-refractivity contribution in [1.29, 1.82) is 0 Å². The van der Waals surface area contributed by atoms with E-state index in [4.69, 9.17) is 30.9 Å². The van der Waals surface area contributed by atoms with E-state index in [-0.39, 0.29) is 24.2 Å². The normalized spacial score (nSPS) is 27.1. The number of pyridine rings is 1. The number of anilines is 3. The van der Waals surface area contributed by atoms with Gasteiger partial charge < -0.3 is 35.8 Å². The number of nitrogens with zero attached hydrogens (tertiary/aromatic N) is 5. The lowest BCUT2D eigenvalue weighted by Gasteiger charge is -2.41. The molecule has 0 amide bonds. The number of piperidine rings is 1. The fraction of sp³-hybridized carbons (Fsp3) is 0.625. The molecule has 0 radical (unpaired) electrons. The molecule has 3 atom stereocenters. The predicted octanol–water partition coefficient (Wildman–Crippen LogP) is 1.79. The fourth-order valence-electron chi connectivity index (χ4n) is 5.96. The molecule has 1 unspecified atom stereocenters. The van der Waals surface area contributed by atoms with E-state index in [9.17, 15) is 5.11 Å². The molecule has 3 saturated heterocycles. The first kappa shape index (κ1) is 23.1. The average molecular weight is 500 g/mol. The summed E-state index contributed by atoms with van der Waals surface area (Å²) in [5.74, 6) is 2.77. The zero-order valence-corrected chi connectivity index (χ0v) is 20.8. The average Bonchev–Trinajstić information content (AvgIpc) is 3.46. The first-order valence-corrected chi connectivity index (χ1v) is 13.3. The summed E-state index contributed by atoms with van der Waals surface area (Å²) < 4.78 is 12.0. The van der Waals surface area contributed by atoms with Gasteiger partial charge in [0.15, 0.2) is 17.4 Å². The second-order valence-corrected chi connectivity index (χ2v) is 11.2. The van der Waals surface area contributed by atoms with Gasteiger partial charge in [0, 0.05) is 31.1 Å². The lowest BCUT2D eigenvalue weighted by Crippen LogP contribution is -2.51. The molecule has 6 rings (SSSR count). The second-order valence-electron chi connectivity index (χ2n) is 10.1. The number of aromatic nitrogens is 3. The number of ether oxygens (including phenoxy) is 2. The first-order valence-electron chi connectivity index (χ1n) is 12.4. The molecule has 1 spiro atoms. The molecular formula is C24H33N7O3S. The number of aliphatic hydroxyl groups excluding tert-OH is 1. The summed E-state index contributed by atoms with van der Waals surface area (Å²) in [6, 6.07) is 2.25. The minimum Gasteiger partial charge on any atom is -0.486 e. The number of nitrogen functional groups attached to an aromatic ring is 1. The molecule has 4 aliphatic heterocycles. The van der Waals surface area contributed by atoms with Gasteiger partial charge in [-0.05, 0) is 38.7 Å². The molecule has 0 aromatic carbocycles. The van der Waals surface area contributed by atoms with Crippen molar-refractivity contribution in [2.45, 2.75) is 67.3 Å². The van der Waals surface area contributed by atoms with Crippen molar-refractivity contribution in [2.75, 3.05) is 48.4 Å². The standard InChI is InChI=1S/C24H33N7O3S/c1-14-21(26)24(13-34-14)4-7-30(8-5-24)22-16(11-32)28-19(10-27-22)35-17-9-18(25)29-23-20(17)33-12-15-3-2-6-31(15)23/h9-10,14-15,21,32H,2-8,11-13,26H2,1H3,(H2,25,29)/t14-,15?,21+/m0/s1. The van der Waals surface area contributed by atoms with Gasteiger partial charge in [-0.3, -0.25) is 0 Å². The molecule has 11 heteroatoms. The highest BCUT2D eigenvalue weighted by molar-refractivity contribution is 7.99. The smallest absolute Gasteiger partial charge is 0.176 e. The Bertz CT molecular complexity index is 1110. The van der Waals surface area contributed by atoms with Crippen molar-refractivity contribution in [2.24, 2.45) is 11.1 Å². The predicted molar refractivity (Wildman–Crippen MR) is 134 cm³/mol. The Morgan fingerprint density at radius 1 is 1.23 bits per heavy atom. The van der Waals surface area contributed by atoms with Crippen molar-refractivity contribution < 1.29 is 14.6 Å². The number of nitrogens with two attached hydrogens (primary N) is 2. The minimum absolute atomic E-state index is 0.0350. The Hall–Kier alpha value is -2.34. The van der Waals surface area contributed by atoms with Gasteiger partial charge in [0.1, 0.15) is 23.1 Å². The molecule has 0 aliphatic carbocycles. The van der Waals surface area contributed by atoms with Crippen LogP contribution in [-0.4, -0.2) is 71.1 Å². The van der Waals surface area contributed by atoms with Crippen LogP contribution in [0.2, 0.25) is 0 Å². The van der Waals surface area contributed by atoms with E-state index in [0.29, 0.717) is 29.2 Å². The van der Waals surface area contributed by atoms with Crippen LogP contribution >= 0.6 is 11.8 Å². The summed E-state index contributed by atoms with van der Waals surface area (Å²) in [5.41, 5.74) is 13.2. The zero-order valence-electron chi connectivity index (χ0n) is 20.0. The maximum Gasteiger partial charge on any atom is 0.176 e. The van der Waals surface area contributed by atoms with Crippen LogP contribution in [0.3, 0.4) is 0 Å². The van der Waals surface area contributed by atoms with Gasteiger partial charge in [0.25, 0.3) is 0 Å². The summed E-state index contributed by atoms with van der Waals surface area (Å²) in [6.45, 7) is 5.85. The molecule has 6 heterocycles. The number of rotatable bonds is 4. The second kappa shape index (κ2) is 8.95. The summed E-state index contributed by atoms with van der Waals surface area (Å²) in [5, 5.41) is 10.8. The molecule has 10 nitrogen and oxygen atoms in total. The molecule has 0 bridgehead atoms. The third kappa shape index (κ3) is 3.98. The number of fused-ring (bicyclic) bond motifs is 3. The van der Waals surface area contributed by atoms with Crippen LogP contribution in [0.25, 0.3) is 0 Å². The largest absolute Gasteiger partial charge is 0.486 e. The lowest BCUT2D eigenvalue weighted by atomic mass is 9.73. The molecule has 35 heavy (non-hydrogen) atoms. The third-order valence-corrected chi connectivity index (χ3v) is 9.01. The molecule has 2 aromatic heterocycles. The van der Waals surface area contributed by atoms with Crippen molar-refractivity contribution in [3.8, 4) is 5.75 Å². The minimum atomic E-state index is -0.180. The molecule has 2 aromatic rings.